The lowest BCUT2D eigenvalue weighted by Crippen LogP contribution is -2.27. The van der Waals surface area contributed by atoms with Gasteiger partial charge in [-0.3, -0.25) is 4.79 Å². The number of amides is 1. The molecule has 1 rings (SSSR count). The summed E-state index contributed by atoms with van der Waals surface area (Å²) in [7, 11) is 3.25. The van der Waals surface area contributed by atoms with Crippen LogP contribution in [0.5, 0.6) is 0 Å². The van der Waals surface area contributed by atoms with Crippen molar-refractivity contribution in [2.75, 3.05) is 37.4 Å². The number of hydrogen-bond acceptors (Lipinski definition) is 5. The van der Waals surface area contributed by atoms with Crippen molar-refractivity contribution in [2.24, 2.45) is 0 Å². The van der Waals surface area contributed by atoms with Gasteiger partial charge in [0, 0.05) is 33.6 Å². The van der Waals surface area contributed by atoms with Crippen LogP contribution in [0.4, 0.5) is 16.2 Å². The second-order valence-corrected chi connectivity index (χ2v) is 3.74. The van der Waals surface area contributed by atoms with Gasteiger partial charge >= 0.3 is 0 Å². The van der Waals surface area contributed by atoms with Crippen LogP contribution < -0.4 is 15.5 Å². The van der Waals surface area contributed by atoms with E-state index in [1.807, 2.05) is 6.92 Å². The largest absolute Gasteiger partial charge is 0.359 e. The lowest BCUT2D eigenvalue weighted by atomic mass is 10.3. The highest BCUT2D eigenvalue weighted by molar-refractivity contribution is 5.76. The van der Waals surface area contributed by atoms with Crippen molar-refractivity contribution in [1.29, 1.82) is 0 Å². The lowest BCUT2D eigenvalue weighted by Gasteiger charge is -2.18. The lowest BCUT2D eigenvalue weighted by molar-refractivity contribution is -0.120. The summed E-state index contributed by atoms with van der Waals surface area (Å²) in [5.41, 5.74) is 0. The van der Waals surface area contributed by atoms with Gasteiger partial charge in [-0.25, -0.2) is 9.37 Å². The average molecular weight is 255 g/mol. The van der Waals surface area contributed by atoms with Gasteiger partial charge in [0.2, 0.25) is 11.9 Å². The molecule has 2 N–H and O–H groups in total. The third kappa shape index (κ3) is 3.83. The molecule has 1 aromatic heterocycles. The Labute approximate surface area is 106 Å². The standard InChI is InChI=1S/C11H18FN5O/c1-4-14-11-15-7-8(12)10(16-11)17(3)6-5-9(18)13-2/h7H,4-6H2,1-3H3,(H,13,18)(H,14,15,16). The molecule has 1 amide bonds. The van der Waals surface area contributed by atoms with E-state index in [1.165, 1.54) is 0 Å². The van der Waals surface area contributed by atoms with E-state index in [2.05, 4.69) is 20.6 Å². The van der Waals surface area contributed by atoms with Crippen LogP contribution in [0, 0.1) is 5.82 Å². The molecular formula is C11H18FN5O. The molecule has 1 heterocycles. The molecule has 1 aromatic rings. The van der Waals surface area contributed by atoms with Gasteiger partial charge in [-0.05, 0) is 6.92 Å². The van der Waals surface area contributed by atoms with Crippen molar-refractivity contribution in [3.05, 3.63) is 12.0 Å². The van der Waals surface area contributed by atoms with Crippen molar-refractivity contribution >= 4 is 17.7 Å². The second-order valence-electron chi connectivity index (χ2n) is 3.74. The summed E-state index contributed by atoms with van der Waals surface area (Å²) in [6.07, 6.45) is 1.41. The number of carbonyl (C=O) groups is 1. The fourth-order valence-electron chi connectivity index (χ4n) is 1.37. The van der Waals surface area contributed by atoms with Gasteiger partial charge in [0.1, 0.15) is 0 Å². The van der Waals surface area contributed by atoms with Gasteiger partial charge in [-0.1, -0.05) is 0 Å². The van der Waals surface area contributed by atoms with Gasteiger partial charge in [0.25, 0.3) is 0 Å². The van der Waals surface area contributed by atoms with Gasteiger partial charge in [-0.2, -0.15) is 4.98 Å². The van der Waals surface area contributed by atoms with Crippen LogP contribution in [0.15, 0.2) is 6.20 Å². The second kappa shape index (κ2) is 6.73. The molecule has 100 valence electrons. The molecule has 0 fully saturated rings. The number of halogens is 1. The van der Waals surface area contributed by atoms with Crippen LogP contribution in [-0.2, 0) is 4.79 Å². The van der Waals surface area contributed by atoms with Crippen molar-refractivity contribution < 1.29 is 9.18 Å². The Morgan fingerprint density at radius 2 is 2.28 bits per heavy atom. The first-order valence-corrected chi connectivity index (χ1v) is 5.76. The molecule has 7 heteroatoms. The van der Waals surface area contributed by atoms with Crippen molar-refractivity contribution in [1.82, 2.24) is 15.3 Å². The van der Waals surface area contributed by atoms with E-state index in [4.69, 9.17) is 0 Å². The summed E-state index contributed by atoms with van der Waals surface area (Å²) in [4.78, 5) is 20.6. The highest BCUT2D eigenvalue weighted by atomic mass is 19.1. The molecule has 0 bridgehead atoms. The number of anilines is 2. The molecule has 0 radical (unpaired) electrons. The Hall–Kier alpha value is -1.92. The molecule has 0 unspecified atom stereocenters. The molecule has 0 aromatic carbocycles. The maximum atomic E-state index is 13.6. The van der Waals surface area contributed by atoms with Crippen LogP contribution in [0.25, 0.3) is 0 Å². The van der Waals surface area contributed by atoms with Gasteiger partial charge in [0.15, 0.2) is 11.6 Å². The zero-order chi connectivity index (χ0) is 13.5. The zero-order valence-electron chi connectivity index (χ0n) is 10.8. The van der Waals surface area contributed by atoms with Crippen molar-refractivity contribution in [2.45, 2.75) is 13.3 Å². The molecule has 0 spiro atoms. The fourth-order valence-corrected chi connectivity index (χ4v) is 1.37. The molecule has 0 aliphatic heterocycles. The summed E-state index contributed by atoms with van der Waals surface area (Å²) in [5, 5.41) is 5.42. The summed E-state index contributed by atoms with van der Waals surface area (Å²) in [6.45, 7) is 2.95. The Morgan fingerprint density at radius 1 is 1.56 bits per heavy atom. The first kappa shape index (κ1) is 14.1. The van der Waals surface area contributed by atoms with Gasteiger partial charge in [0.05, 0.1) is 6.20 Å². The molecule has 0 saturated carbocycles. The maximum absolute atomic E-state index is 13.6. The number of nitrogens with zero attached hydrogens (tertiary/aromatic N) is 3. The molecule has 0 aliphatic carbocycles. The fraction of sp³-hybridized carbons (Fsp3) is 0.545. The topological polar surface area (TPSA) is 70.2 Å². The monoisotopic (exact) mass is 255 g/mol. The van der Waals surface area contributed by atoms with E-state index in [-0.39, 0.29) is 18.1 Å². The van der Waals surface area contributed by atoms with E-state index in [1.54, 1.807) is 19.0 Å². The van der Waals surface area contributed by atoms with Crippen LogP contribution in [0.3, 0.4) is 0 Å². The number of carbonyl (C=O) groups excluding carboxylic acids is 1. The Kier molecular flexibility index (Phi) is 5.29. The minimum Gasteiger partial charge on any atom is -0.359 e. The summed E-state index contributed by atoms with van der Waals surface area (Å²) in [5.74, 6) is -0.0372. The minimum atomic E-state index is -0.504. The normalized spacial score (nSPS) is 10.0. The predicted molar refractivity (Wildman–Crippen MR) is 68.1 cm³/mol. The highest BCUT2D eigenvalue weighted by Crippen LogP contribution is 2.15. The summed E-state index contributed by atoms with van der Waals surface area (Å²) < 4.78 is 13.6. The molecule has 0 saturated heterocycles. The Balaban J connectivity index is 2.74. The summed E-state index contributed by atoms with van der Waals surface area (Å²) in [6, 6.07) is 0. The molecular weight excluding hydrogens is 237 g/mol. The Morgan fingerprint density at radius 3 is 2.89 bits per heavy atom. The van der Waals surface area contributed by atoms with Crippen molar-refractivity contribution in [3.63, 3.8) is 0 Å². The minimum absolute atomic E-state index is 0.0942. The van der Waals surface area contributed by atoms with E-state index in [0.717, 1.165) is 6.20 Å². The molecule has 0 atom stereocenters. The third-order valence-corrected chi connectivity index (χ3v) is 2.38. The van der Waals surface area contributed by atoms with Crippen LogP contribution in [0.2, 0.25) is 0 Å². The first-order chi connectivity index (χ1) is 8.58. The summed E-state index contributed by atoms with van der Waals surface area (Å²) >= 11 is 0. The van der Waals surface area contributed by atoms with Gasteiger partial charge in [-0.15, -0.1) is 0 Å². The van der Waals surface area contributed by atoms with Crippen molar-refractivity contribution in [3.8, 4) is 0 Å². The van der Waals surface area contributed by atoms with E-state index in [9.17, 15) is 9.18 Å². The zero-order valence-corrected chi connectivity index (χ0v) is 10.8. The molecule has 18 heavy (non-hydrogen) atoms. The maximum Gasteiger partial charge on any atom is 0.224 e. The Bertz CT molecular complexity index is 412. The number of hydrogen-bond donors (Lipinski definition) is 2. The van der Waals surface area contributed by atoms with E-state index < -0.39 is 5.82 Å². The SMILES string of the molecule is CCNc1ncc(F)c(N(C)CCC(=O)NC)n1. The smallest absolute Gasteiger partial charge is 0.224 e. The molecule has 6 nitrogen and oxygen atoms in total. The number of aromatic nitrogens is 2. The van der Waals surface area contributed by atoms with Crippen LogP contribution >= 0.6 is 0 Å². The first-order valence-electron chi connectivity index (χ1n) is 5.76. The quantitative estimate of drug-likeness (QED) is 0.780. The van der Waals surface area contributed by atoms with Gasteiger partial charge < -0.3 is 15.5 Å². The highest BCUT2D eigenvalue weighted by Gasteiger charge is 2.12. The molecule has 0 aliphatic rings. The predicted octanol–water partition coefficient (Wildman–Crippen LogP) is 0.620. The van der Waals surface area contributed by atoms with E-state index >= 15 is 0 Å². The average Bonchev–Trinajstić information content (AvgIpc) is 2.38. The van der Waals surface area contributed by atoms with Crippen LogP contribution in [-0.4, -0.2) is 43.1 Å². The number of nitrogens with one attached hydrogen (secondary N) is 2. The van der Waals surface area contributed by atoms with E-state index in [0.29, 0.717) is 19.0 Å². The number of rotatable bonds is 6. The third-order valence-electron chi connectivity index (χ3n) is 2.38. The van der Waals surface area contributed by atoms with Crippen LogP contribution in [0.1, 0.15) is 13.3 Å².